The van der Waals surface area contributed by atoms with Crippen molar-refractivity contribution in [2.75, 3.05) is 32.8 Å². The lowest BCUT2D eigenvalue weighted by Gasteiger charge is -2.15. The molecule has 0 saturated carbocycles. The van der Waals surface area contributed by atoms with Gasteiger partial charge in [0.2, 0.25) is 5.91 Å². The summed E-state index contributed by atoms with van der Waals surface area (Å²) in [5, 5.41) is 2.90. The Bertz CT molecular complexity index is 589. The smallest absolute Gasteiger partial charge is 0.251 e. The number of hydrogen-bond acceptors (Lipinski definition) is 4. The zero-order valence-electron chi connectivity index (χ0n) is 15.2. The van der Waals surface area contributed by atoms with E-state index >= 15 is 0 Å². The van der Waals surface area contributed by atoms with Gasteiger partial charge in [-0.2, -0.15) is 0 Å². The minimum Gasteiger partial charge on any atom is -0.490 e. The van der Waals surface area contributed by atoms with E-state index in [4.69, 9.17) is 9.47 Å². The van der Waals surface area contributed by atoms with Gasteiger partial charge in [0.15, 0.2) is 11.5 Å². The Hall–Kier alpha value is -2.24. The maximum Gasteiger partial charge on any atom is 0.251 e. The Labute approximate surface area is 149 Å². The van der Waals surface area contributed by atoms with Crippen LogP contribution >= 0.6 is 0 Å². The molecule has 0 aromatic heterocycles. The van der Waals surface area contributed by atoms with Gasteiger partial charge in [0.1, 0.15) is 0 Å². The predicted octanol–water partition coefficient (Wildman–Crippen LogP) is 2.62. The van der Waals surface area contributed by atoms with E-state index < -0.39 is 0 Å². The number of carbonyl (C=O) groups excluding carboxylic acids is 2. The molecule has 1 heterocycles. The highest BCUT2D eigenvalue weighted by molar-refractivity contribution is 5.94. The molecule has 1 N–H and O–H groups in total. The molecule has 1 aliphatic heterocycles. The molecule has 2 rings (SSSR count). The van der Waals surface area contributed by atoms with E-state index in [1.807, 2.05) is 18.7 Å². The minimum absolute atomic E-state index is 0.143. The lowest BCUT2D eigenvalue weighted by Crippen LogP contribution is -2.30. The summed E-state index contributed by atoms with van der Waals surface area (Å²) in [6.45, 7) is 7.14. The van der Waals surface area contributed by atoms with Gasteiger partial charge >= 0.3 is 0 Å². The van der Waals surface area contributed by atoms with Crippen LogP contribution in [0, 0.1) is 0 Å². The summed E-state index contributed by atoms with van der Waals surface area (Å²) < 4.78 is 11.2. The van der Waals surface area contributed by atoms with Crippen LogP contribution in [0.1, 0.15) is 49.9 Å². The largest absolute Gasteiger partial charge is 0.490 e. The Kier molecular flexibility index (Phi) is 7.57. The maximum absolute atomic E-state index is 12.3. The van der Waals surface area contributed by atoms with E-state index in [-0.39, 0.29) is 11.8 Å². The summed E-state index contributed by atoms with van der Waals surface area (Å²) in [6, 6.07) is 5.24. The third-order valence-corrected chi connectivity index (χ3v) is 4.03. The second-order valence-electron chi connectivity index (χ2n) is 6.04. The topological polar surface area (TPSA) is 67.9 Å². The molecule has 0 aliphatic carbocycles. The van der Waals surface area contributed by atoms with E-state index in [2.05, 4.69) is 5.32 Å². The number of hydrogen-bond donors (Lipinski definition) is 1. The van der Waals surface area contributed by atoms with Crippen molar-refractivity contribution in [3.05, 3.63) is 23.8 Å². The summed E-state index contributed by atoms with van der Waals surface area (Å²) in [6.07, 6.45) is 3.26. The van der Waals surface area contributed by atoms with Crippen LogP contribution in [0.3, 0.4) is 0 Å². The van der Waals surface area contributed by atoms with Crippen LogP contribution in [0.5, 0.6) is 11.5 Å². The van der Waals surface area contributed by atoms with E-state index in [0.29, 0.717) is 49.8 Å². The van der Waals surface area contributed by atoms with Gasteiger partial charge in [0.05, 0.1) is 13.2 Å². The van der Waals surface area contributed by atoms with Crippen molar-refractivity contribution >= 4 is 11.8 Å². The first-order valence-corrected chi connectivity index (χ1v) is 9.11. The molecule has 1 saturated heterocycles. The van der Waals surface area contributed by atoms with Crippen molar-refractivity contribution in [1.82, 2.24) is 10.2 Å². The van der Waals surface area contributed by atoms with E-state index in [1.54, 1.807) is 18.2 Å². The normalized spacial score (nSPS) is 13.8. The lowest BCUT2D eigenvalue weighted by atomic mass is 10.2. The third kappa shape index (κ3) is 5.66. The molecule has 6 heteroatoms. The number of ether oxygens (including phenoxy) is 2. The summed E-state index contributed by atoms with van der Waals surface area (Å²) in [5.41, 5.74) is 0.546. The van der Waals surface area contributed by atoms with Gasteiger partial charge < -0.3 is 19.7 Å². The van der Waals surface area contributed by atoms with Crippen molar-refractivity contribution in [3.63, 3.8) is 0 Å². The molecule has 0 spiro atoms. The van der Waals surface area contributed by atoms with Crippen molar-refractivity contribution < 1.29 is 19.1 Å². The number of benzene rings is 1. The molecule has 6 nitrogen and oxygen atoms in total. The fraction of sp³-hybridized carbons (Fsp3) is 0.579. The fourth-order valence-corrected chi connectivity index (χ4v) is 2.76. The zero-order chi connectivity index (χ0) is 18.1. The summed E-state index contributed by atoms with van der Waals surface area (Å²) >= 11 is 0. The molecule has 0 bridgehead atoms. The van der Waals surface area contributed by atoms with Crippen LogP contribution in [0.15, 0.2) is 18.2 Å². The average molecular weight is 348 g/mol. The second kappa shape index (κ2) is 9.91. The molecule has 0 atom stereocenters. The van der Waals surface area contributed by atoms with Gasteiger partial charge in [-0.1, -0.05) is 6.92 Å². The second-order valence-corrected chi connectivity index (χ2v) is 6.04. The minimum atomic E-state index is -0.143. The predicted molar refractivity (Wildman–Crippen MR) is 96.2 cm³/mol. The highest BCUT2D eigenvalue weighted by Crippen LogP contribution is 2.28. The first-order chi connectivity index (χ1) is 12.2. The summed E-state index contributed by atoms with van der Waals surface area (Å²) in [5.74, 6) is 1.32. The van der Waals surface area contributed by atoms with Crippen molar-refractivity contribution in [2.24, 2.45) is 0 Å². The number of rotatable bonds is 10. The molecule has 1 aromatic carbocycles. The van der Waals surface area contributed by atoms with Gasteiger partial charge in [-0.25, -0.2) is 0 Å². The van der Waals surface area contributed by atoms with Crippen molar-refractivity contribution in [1.29, 1.82) is 0 Å². The van der Waals surface area contributed by atoms with E-state index in [1.165, 1.54) is 0 Å². The number of amides is 2. The lowest BCUT2D eigenvalue weighted by molar-refractivity contribution is -0.127. The summed E-state index contributed by atoms with van der Waals surface area (Å²) in [4.78, 5) is 25.7. The van der Waals surface area contributed by atoms with Gasteiger partial charge in [0, 0.05) is 31.6 Å². The van der Waals surface area contributed by atoms with Crippen molar-refractivity contribution in [3.8, 4) is 11.5 Å². The molecular weight excluding hydrogens is 320 g/mol. The van der Waals surface area contributed by atoms with E-state index in [0.717, 1.165) is 25.8 Å². The number of likely N-dealkylation sites (tertiary alicyclic amines) is 1. The molecular formula is C19H28N2O4. The van der Waals surface area contributed by atoms with Gasteiger partial charge in [-0.15, -0.1) is 0 Å². The fourth-order valence-electron chi connectivity index (χ4n) is 2.76. The number of carbonyl (C=O) groups is 2. The van der Waals surface area contributed by atoms with Crippen LogP contribution in [0.4, 0.5) is 0 Å². The molecule has 0 radical (unpaired) electrons. The first kappa shape index (κ1) is 19.1. The Morgan fingerprint density at radius 2 is 2.08 bits per heavy atom. The van der Waals surface area contributed by atoms with Gasteiger partial charge in [0.25, 0.3) is 5.91 Å². The molecule has 0 unspecified atom stereocenters. The van der Waals surface area contributed by atoms with Crippen LogP contribution in [0.2, 0.25) is 0 Å². The van der Waals surface area contributed by atoms with Crippen LogP contribution < -0.4 is 14.8 Å². The highest BCUT2D eigenvalue weighted by atomic mass is 16.5. The molecule has 1 aliphatic rings. The zero-order valence-corrected chi connectivity index (χ0v) is 15.2. The maximum atomic E-state index is 12.3. The average Bonchev–Trinajstić information content (AvgIpc) is 3.02. The quantitative estimate of drug-likeness (QED) is 0.660. The third-order valence-electron chi connectivity index (χ3n) is 4.03. The molecule has 25 heavy (non-hydrogen) atoms. The Balaban J connectivity index is 1.85. The standard InChI is InChI=1S/C19H28N2O4/c1-3-13-25-16-9-8-15(14-17(16)24-4-2)19(23)20-10-6-12-21-11-5-7-18(21)22/h8-9,14H,3-7,10-13H2,1-2H3,(H,20,23). The van der Waals surface area contributed by atoms with Gasteiger partial charge in [-0.3, -0.25) is 9.59 Å². The molecule has 1 aromatic rings. The van der Waals surface area contributed by atoms with Crippen LogP contribution in [-0.2, 0) is 4.79 Å². The monoisotopic (exact) mass is 348 g/mol. The molecule has 138 valence electrons. The van der Waals surface area contributed by atoms with Crippen molar-refractivity contribution in [2.45, 2.75) is 39.5 Å². The van der Waals surface area contributed by atoms with E-state index in [9.17, 15) is 9.59 Å². The Morgan fingerprint density at radius 1 is 1.24 bits per heavy atom. The summed E-state index contributed by atoms with van der Waals surface area (Å²) in [7, 11) is 0. The van der Waals surface area contributed by atoms with Crippen LogP contribution in [0.25, 0.3) is 0 Å². The molecule has 2 amide bonds. The number of nitrogens with one attached hydrogen (secondary N) is 1. The Morgan fingerprint density at radius 3 is 2.76 bits per heavy atom. The first-order valence-electron chi connectivity index (χ1n) is 9.11. The SMILES string of the molecule is CCCOc1ccc(C(=O)NCCCN2CCCC2=O)cc1OCC. The van der Waals surface area contributed by atoms with Crippen LogP contribution in [-0.4, -0.2) is 49.6 Å². The van der Waals surface area contributed by atoms with Gasteiger partial charge in [-0.05, 0) is 44.4 Å². The number of nitrogens with zero attached hydrogens (tertiary/aromatic N) is 1. The highest BCUT2D eigenvalue weighted by Gasteiger charge is 2.19. The molecule has 1 fully saturated rings.